The van der Waals surface area contributed by atoms with Gasteiger partial charge in [-0.3, -0.25) is 0 Å². The summed E-state index contributed by atoms with van der Waals surface area (Å²) in [5.41, 5.74) is 1.12. The number of nitrogens with one attached hydrogen (secondary N) is 1. The molecule has 0 radical (unpaired) electrons. The van der Waals surface area contributed by atoms with Gasteiger partial charge in [-0.25, -0.2) is 4.79 Å². The molecule has 0 spiro atoms. The maximum atomic E-state index is 11.4. The average molecular weight is 296 g/mol. The molecule has 0 aromatic heterocycles. The number of carbonyl (C=O) groups is 1. The van der Waals surface area contributed by atoms with Gasteiger partial charge in [0.2, 0.25) is 0 Å². The van der Waals surface area contributed by atoms with E-state index in [0.717, 1.165) is 42.3 Å². The van der Waals surface area contributed by atoms with Crippen LogP contribution in [0.5, 0.6) is 0 Å². The van der Waals surface area contributed by atoms with Crippen LogP contribution in [0, 0.1) is 0 Å². The minimum Gasteiger partial charge on any atom is -0.478 e. The quantitative estimate of drug-likeness (QED) is 0.541. The van der Waals surface area contributed by atoms with Gasteiger partial charge in [0.1, 0.15) is 0 Å². The first-order chi connectivity index (χ1) is 9.56. The van der Waals surface area contributed by atoms with E-state index in [4.69, 9.17) is 0 Å². The van der Waals surface area contributed by atoms with Crippen LogP contribution < -0.4 is 5.32 Å². The number of nitrogens with zero attached hydrogens (tertiary/aromatic N) is 1. The fourth-order valence-electron chi connectivity index (χ4n) is 1.95. The van der Waals surface area contributed by atoms with Gasteiger partial charge in [-0.2, -0.15) is 0 Å². The Hall–Kier alpha value is -1.20. The molecule has 1 rings (SSSR count). The van der Waals surface area contributed by atoms with Crippen LogP contribution in [0.15, 0.2) is 23.1 Å². The van der Waals surface area contributed by atoms with Gasteiger partial charge in [-0.05, 0) is 51.4 Å². The molecule has 0 aliphatic rings. The van der Waals surface area contributed by atoms with Crippen LogP contribution in [-0.4, -0.2) is 48.9 Å². The number of unbranched alkanes of at least 4 members (excludes halogenated alkanes) is 1. The van der Waals surface area contributed by atoms with Crippen molar-refractivity contribution in [2.24, 2.45) is 0 Å². The van der Waals surface area contributed by atoms with Crippen LogP contribution >= 0.6 is 11.8 Å². The summed E-state index contributed by atoms with van der Waals surface area (Å²) in [6.07, 6.45) is 2.13. The Morgan fingerprint density at radius 2 is 2.10 bits per heavy atom. The van der Waals surface area contributed by atoms with Crippen molar-refractivity contribution in [3.63, 3.8) is 0 Å². The summed E-state index contributed by atoms with van der Waals surface area (Å²) in [5, 5.41) is 12.6. The lowest BCUT2D eigenvalue weighted by Crippen LogP contribution is -2.15. The fraction of sp³-hybridized carbons (Fsp3) is 0.533. The highest BCUT2D eigenvalue weighted by molar-refractivity contribution is 7.99. The largest absolute Gasteiger partial charge is 0.478 e. The highest BCUT2D eigenvalue weighted by atomic mass is 32.2. The van der Waals surface area contributed by atoms with E-state index in [1.165, 1.54) is 0 Å². The second kappa shape index (κ2) is 8.87. The summed E-state index contributed by atoms with van der Waals surface area (Å²) in [4.78, 5) is 14.4. The first-order valence-electron chi connectivity index (χ1n) is 6.94. The molecule has 0 fully saturated rings. The molecule has 0 unspecified atom stereocenters. The summed E-state index contributed by atoms with van der Waals surface area (Å²) in [6, 6.07) is 5.62. The number of thioether (sulfide) groups is 1. The molecule has 2 N–H and O–H groups in total. The third kappa shape index (κ3) is 5.43. The molecule has 0 aliphatic heterocycles. The van der Waals surface area contributed by atoms with Crippen molar-refractivity contribution >= 4 is 23.4 Å². The average Bonchev–Trinajstić information content (AvgIpc) is 2.38. The minimum absolute atomic E-state index is 0.395. The predicted octanol–water partition coefficient (Wildman–Crippen LogP) is 3.25. The van der Waals surface area contributed by atoms with Crippen molar-refractivity contribution in [2.75, 3.05) is 38.3 Å². The maximum Gasteiger partial charge on any atom is 0.338 e. The number of rotatable bonds is 9. The lowest BCUT2D eigenvalue weighted by molar-refractivity contribution is 0.0694. The highest BCUT2D eigenvalue weighted by Crippen LogP contribution is 2.28. The zero-order valence-corrected chi connectivity index (χ0v) is 13.3. The smallest absolute Gasteiger partial charge is 0.338 e. The van der Waals surface area contributed by atoms with E-state index in [-0.39, 0.29) is 0 Å². The molecular formula is C15H24N2O2S. The summed E-state index contributed by atoms with van der Waals surface area (Å²) in [7, 11) is 4.11. The van der Waals surface area contributed by atoms with Crippen LogP contribution in [0.1, 0.15) is 30.1 Å². The Bertz CT molecular complexity index is 436. The summed E-state index contributed by atoms with van der Waals surface area (Å²) < 4.78 is 0. The van der Waals surface area contributed by atoms with Gasteiger partial charge in [0.15, 0.2) is 0 Å². The number of carboxylic acids is 1. The number of hydrogen-bond acceptors (Lipinski definition) is 4. The van der Waals surface area contributed by atoms with Crippen LogP contribution in [0.25, 0.3) is 0 Å². The van der Waals surface area contributed by atoms with Gasteiger partial charge in [0.25, 0.3) is 0 Å². The van der Waals surface area contributed by atoms with Crippen LogP contribution in [0.4, 0.5) is 5.69 Å². The van der Waals surface area contributed by atoms with Crippen molar-refractivity contribution < 1.29 is 9.90 Å². The molecule has 0 atom stereocenters. The molecule has 4 nitrogen and oxygen atoms in total. The zero-order valence-electron chi connectivity index (χ0n) is 12.5. The third-order valence-corrected chi connectivity index (χ3v) is 3.83. The Labute approximate surface area is 125 Å². The maximum absolute atomic E-state index is 11.4. The first-order valence-corrected chi connectivity index (χ1v) is 7.92. The monoisotopic (exact) mass is 296 g/mol. The molecule has 112 valence electrons. The van der Waals surface area contributed by atoms with E-state index in [1.54, 1.807) is 11.8 Å². The van der Waals surface area contributed by atoms with Crippen molar-refractivity contribution in [3.05, 3.63) is 23.8 Å². The third-order valence-electron chi connectivity index (χ3n) is 2.89. The highest BCUT2D eigenvalue weighted by Gasteiger charge is 2.15. The lowest BCUT2D eigenvalue weighted by Gasteiger charge is -2.13. The molecular weight excluding hydrogens is 272 g/mol. The summed E-state index contributed by atoms with van der Waals surface area (Å²) in [6.45, 7) is 3.88. The van der Waals surface area contributed by atoms with Gasteiger partial charge >= 0.3 is 5.97 Å². The number of carboxylic acid groups (broad SMARTS) is 1. The normalized spacial score (nSPS) is 10.8. The van der Waals surface area contributed by atoms with Crippen molar-refractivity contribution in [3.8, 4) is 0 Å². The molecule has 0 saturated heterocycles. The number of anilines is 1. The zero-order chi connectivity index (χ0) is 15.0. The van der Waals surface area contributed by atoms with E-state index in [9.17, 15) is 9.90 Å². The van der Waals surface area contributed by atoms with Crippen LogP contribution in [0.2, 0.25) is 0 Å². The predicted molar refractivity (Wildman–Crippen MR) is 86.1 cm³/mol. The SMILES string of the molecule is CCSc1cccc(NCCCCN(C)C)c1C(=O)O. The second-order valence-corrected chi connectivity index (χ2v) is 6.16. The van der Waals surface area contributed by atoms with E-state index in [1.807, 2.05) is 25.1 Å². The van der Waals surface area contributed by atoms with Crippen molar-refractivity contribution in [2.45, 2.75) is 24.7 Å². The van der Waals surface area contributed by atoms with Crippen LogP contribution in [-0.2, 0) is 0 Å². The Balaban J connectivity index is 2.64. The van der Waals surface area contributed by atoms with Crippen molar-refractivity contribution in [1.82, 2.24) is 4.90 Å². The van der Waals surface area contributed by atoms with E-state index in [2.05, 4.69) is 24.3 Å². The molecule has 0 aliphatic carbocycles. The van der Waals surface area contributed by atoms with Gasteiger partial charge < -0.3 is 15.3 Å². The fourth-order valence-corrected chi connectivity index (χ4v) is 2.78. The molecule has 0 bridgehead atoms. The molecule has 20 heavy (non-hydrogen) atoms. The molecule has 0 heterocycles. The standard InChI is InChI=1S/C15H24N2O2S/c1-4-20-13-9-7-8-12(14(13)15(18)19)16-10-5-6-11-17(2)3/h7-9,16H,4-6,10-11H2,1-3H3,(H,18,19). The van der Waals surface area contributed by atoms with Crippen molar-refractivity contribution in [1.29, 1.82) is 0 Å². The Kier molecular flexibility index (Phi) is 7.47. The first kappa shape index (κ1) is 16.9. The lowest BCUT2D eigenvalue weighted by atomic mass is 10.1. The number of hydrogen-bond donors (Lipinski definition) is 2. The van der Waals surface area contributed by atoms with Gasteiger partial charge in [0.05, 0.1) is 5.56 Å². The molecule has 5 heteroatoms. The van der Waals surface area contributed by atoms with Gasteiger partial charge in [0, 0.05) is 17.1 Å². The topological polar surface area (TPSA) is 52.6 Å². The minimum atomic E-state index is -0.864. The van der Waals surface area contributed by atoms with E-state index < -0.39 is 5.97 Å². The number of benzene rings is 1. The van der Waals surface area contributed by atoms with Gasteiger partial charge in [-0.15, -0.1) is 11.8 Å². The Morgan fingerprint density at radius 3 is 2.70 bits per heavy atom. The molecule has 0 amide bonds. The number of aromatic carboxylic acids is 1. The molecule has 1 aromatic carbocycles. The second-order valence-electron chi connectivity index (χ2n) is 4.85. The molecule has 1 aromatic rings. The summed E-state index contributed by atoms with van der Waals surface area (Å²) in [5.74, 6) is 0.00405. The van der Waals surface area contributed by atoms with E-state index in [0.29, 0.717) is 5.56 Å². The van der Waals surface area contributed by atoms with Gasteiger partial charge in [-0.1, -0.05) is 13.0 Å². The molecule has 0 saturated carbocycles. The summed E-state index contributed by atoms with van der Waals surface area (Å²) >= 11 is 1.56. The van der Waals surface area contributed by atoms with E-state index >= 15 is 0 Å². The van der Waals surface area contributed by atoms with Crippen LogP contribution in [0.3, 0.4) is 0 Å². The Morgan fingerprint density at radius 1 is 1.35 bits per heavy atom.